The number of benzene rings is 1. The molecule has 0 aliphatic carbocycles. The first-order chi connectivity index (χ1) is 9.13. The Hall–Kier alpha value is -1.10. The van der Waals surface area contributed by atoms with Crippen molar-refractivity contribution in [2.75, 3.05) is 13.2 Å². The molecule has 0 radical (unpaired) electrons. The lowest BCUT2D eigenvalue weighted by Crippen LogP contribution is -2.09. The van der Waals surface area contributed by atoms with E-state index in [9.17, 15) is 5.11 Å². The zero-order valence-electron chi connectivity index (χ0n) is 11.3. The lowest BCUT2D eigenvalue weighted by Gasteiger charge is -2.10. The van der Waals surface area contributed by atoms with E-state index in [0.29, 0.717) is 17.5 Å². The fourth-order valence-electron chi connectivity index (χ4n) is 2.14. The highest BCUT2D eigenvalue weighted by molar-refractivity contribution is 6.31. The summed E-state index contributed by atoms with van der Waals surface area (Å²) in [5.74, 6) is 0.675. The van der Waals surface area contributed by atoms with Gasteiger partial charge in [-0.2, -0.15) is 0 Å². The number of hydrogen-bond donors (Lipinski definition) is 1. The molecule has 1 atom stereocenters. The molecule has 0 spiro atoms. The van der Waals surface area contributed by atoms with Crippen LogP contribution in [0.5, 0.6) is 0 Å². The van der Waals surface area contributed by atoms with Crippen molar-refractivity contribution in [2.45, 2.75) is 32.9 Å². The first-order valence-corrected chi connectivity index (χ1v) is 6.92. The van der Waals surface area contributed by atoms with Gasteiger partial charge in [0.05, 0.1) is 11.0 Å². The van der Waals surface area contributed by atoms with Crippen molar-refractivity contribution < 1.29 is 9.84 Å². The second kappa shape index (κ2) is 6.37. The SMILES string of the molecule is CCOCCCn1c([C@H](C)O)nc2cc(Cl)ccc21. The lowest BCUT2D eigenvalue weighted by molar-refractivity contribution is 0.139. The van der Waals surface area contributed by atoms with Crippen LogP contribution in [0.2, 0.25) is 5.02 Å². The maximum Gasteiger partial charge on any atom is 0.138 e. The second-order valence-corrected chi connectivity index (χ2v) is 4.92. The van der Waals surface area contributed by atoms with E-state index in [0.717, 1.165) is 30.6 Å². The van der Waals surface area contributed by atoms with E-state index in [4.69, 9.17) is 16.3 Å². The highest BCUT2D eigenvalue weighted by atomic mass is 35.5. The minimum atomic E-state index is -0.599. The van der Waals surface area contributed by atoms with Crippen molar-refractivity contribution in [3.05, 3.63) is 29.0 Å². The number of aryl methyl sites for hydroxylation is 1. The van der Waals surface area contributed by atoms with E-state index in [1.165, 1.54) is 0 Å². The van der Waals surface area contributed by atoms with Crippen LogP contribution in [0.3, 0.4) is 0 Å². The number of imidazole rings is 1. The van der Waals surface area contributed by atoms with Crippen LogP contribution in [0, 0.1) is 0 Å². The monoisotopic (exact) mass is 282 g/mol. The van der Waals surface area contributed by atoms with Crippen LogP contribution in [-0.2, 0) is 11.3 Å². The molecule has 0 saturated carbocycles. The molecule has 1 heterocycles. The van der Waals surface area contributed by atoms with Crippen LogP contribution >= 0.6 is 11.6 Å². The molecule has 104 valence electrons. The summed E-state index contributed by atoms with van der Waals surface area (Å²) in [5, 5.41) is 10.5. The third kappa shape index (κ3) is 3.26. The summed E-state index contributed by atoms with van der Waals surface area (Å²) in [6.07, 6.45) is 0.292. The fraction of sp³-hybridized carbons (Fsp3) is 0.500. The van der Waals surface area contributed by atoms with Gasteiger partial charge in [0.25, 0.3) is 0 Å². The summed E-state index contributed by atoms with van der Waals surface area (Å²) in [4.78, 5) is 4.46. The molecule has 4 nitrogen and oxygen atoms in total. The largest absolute Gasteiger partial charge is 0.385 e. The second-order valence-electron chi connectivity index (χ2n) is 4.48. The number of aromatic nitrogens is 2. The summed E-state index contributed by atoms with van der Waals surface area (Å²) < 4.78 is 7.38. The standard InChI is InChI=1S/C14H19ClN2O2/c1-3-19-8-4-7-17-13-6-5-11(15)9-12(13)16-14(17)10(2)18/h5-6,9-10,18H,3-4,7-8H2,1-2H3/t10-/m0/s1. The molecular formula is C14H19ClN2O2. The Morgan fingerprint density at radius 3 is 2.95 bits per heavy atom. The van der Waals surface area contributed by atoms with Gasteiger partial charge in [-0.05, 0) is 38.5 Å². The smallest absolute Gasteiger partial charge is 0.138 e. The van der Waals surface area contributed by atoms with Gasteiger partial charge in [0, 0.05) is 24.8 Å². The van der Waals surface area contributed by atoms with Crippen molar-refractivity contribution in [3.8, 4) is 0 Å². The Balaban J connectivity index is 2.30. The summed E-state index contributed by atoms with van der Waals surface area (Å²) in [6, 6.07) is 5.61. The molecule has 0 aliphatic rings. The summed E-state index contributed by atoms with van der Waals surface area (Å²) in [6.45, 7) is 5.92. The molecule has 0 fully saturated rings. The van der Waals surface area contributed by atoms with Gasteiger partial charge in [0.15, 0.2) is 0 Å². The minimum absolute atomic E-state index is 0.599. The van der Waals surface area contributed by atoms with Crippen LogP contribution in [0.1, 0.15) is 32.2 Å². The van der Waals surface area contributed by atoms with Crippen molar-refractivity contribution in [3.63, 3.8) is 0 Å². The van der Waals surface area contributed by atoms with E-state index in [2.05, 4.69) is 4.98 Å². The average molecular weight is 283 g/mol. The molecule has 1 N–H and O–H groups in total. The number of hydrogen-bond acceptors (Lipinski definition) is 3. The van der Waals surface area contributed by atoms with Gasteiger partial charge in [0.2, 0.25) is 0 Å². The fourth-order valence-corrected chi connectivity index (χ4v) is 2.31. The normalized spacial score (nSPS) is 13.1. The quantitative estimate of drug-likeness (QED) is 0.828. The number of rotatable bonds is 6. The Bertz CT molecular complexity index is 552. The third-order valence-corrected chi connectivity index (χ3v) is 3.22. The van der Waals surface area contributed by atoms with Crippen LogP contribution in [0.25, 0.3) is 11.0 Å². The molecule has 1 aromatic carbocycles. The maximum atomic E-state index is 9.83. The van der Waals surface area contributed by atoms with Gasteiger partial charge < -0.3 is 14.4 Å². The Labute approximate surface area is 118 Å². The maximum absolute atomic E-state index is 9.83. The molecule has 19 heavy (non-hydrogen) atoms. The van der Waals surface area contributed by atoms with Gasteiger partial charge in [-0.25, -0.2) is 4.98 Å². The first-order valence-electron chi connectivity index (χ1n) is 6.55. The zero-order chi connectivity index (χ0) is 13.8. The predicted molar refractivity (Wildman–Crippen MR) is 76.5 cm³/mol. The van der Waals surface area contributed by atoms with Gasteiger partial charge in [0.1, 0.15) is 11.9 Å². The summed E-state index contributed by atoms with van der Waals surface area (Å²) in [5.41, 5.74) is 1.82. The first kappa shape index (κ1) is 14.3. The molecule has 5 heteroatoms. The Kier molecular flexibility index (Phi) is 4.80. The predicted octanol–water partition coefficient (Wildman–Crippen LogP) is 3.17. The number of ether oxygens (including phenoxy) is 1. The van der Waals surface area contributed by atoms with E-state index in [1.807, 2.05) is 29.7 Å². The molecule has 0 bridgehead atoms. The highest BCUT2D eigenvalue weighted by Crippen LogP contribution is 2.24. The van der Waals surface area contributed by atoms with Crippen molar-refractivity contribution in [1.82, 2.24) is 9.55 Å². The van der Waals surface area contributed by atoms with Gasteiger partial charge >= 0.3 is 0 Å². The van der Waals surface area contributed by atoms with Crippen LogP contribution in [-0.4, -0.2) is 27.9 Å². The van der Waals surface area contributed by atoms with Crippen LogP contribution < -0.4 is 0 Å². The molecule has 0 aliphatic heterocycles. The molecule has 2 rings (SSSR count). The van der Waals surface area contributed by atoms with E-state index >= 15 is 0 Å². The molecule has 2 aromatic rings. The Morgan fingerprint density at radius 2 is 2.26 bits per heavy atom. The van der Waals surface area contributed by atoms with Gasteiger partial charge in [-0.1, -0.05) is 11.6 Å². The summed E-state index contributed by atoms with van der Waals surface area (Å²) >= 11 is 5.97. The van der Waals surface area contributed by atoms with E-state index in [-0.39, 0.29) is 0 Å². The number of halogens is 1. The van der Waals surface area contributed by atoms with Gasteiger partial charge in [-0.15, -0.1) is 0 Å². The van der Waals surface area contributed by atoms with Crippen LogP contribution in [0.15, 0.2) is 18.2 Å². The van der Waals surface area contributed by atoms with Crippen molar-refractivity contribution >= 4 is 22.6 Å². The molecule has 0 saturated heterocycles. The zero-order valence-corrected chi connectivity index (χ0v) is 12.0. The minimum Gasteiger partial charge on any atom is -0.385 e. The topological polar surface area (TPSA) is 47.3 Å². The summed E-state index contributed by atoms with van der Waals surface area (Å²) in [7, 11) is 0. The van der Waals surface area contributed by atoms with Crippen LogP contribution in [0.4, 0.5) is 0 Å². The third-order valence-electron chi connectivity index (χ3n) is 2.99. The lowest BCUT2D eigenvalue weighted by atomic mass is 10.3. The number of aliphatic hydroxyl groups excluding tert-OH is 1. The van der Waals surface area contributed by atoms with E-state index in [1.54, 1.807) is 6.92 Å². The van der Waals surface area contributed by atoms with Crippen molar-refractivity contribution in [2.24, 2.45) is 0 Å². The Morgan fingerprint density at radius 1 is 1.47 bits per heavy atom. The molecule has 1 aromatic heterocycles. The number of nitrogens with zero attached hydrogens (tertiary/aromatic N) is 2. The highest BCUT2D eigenvalue weighted by Gasteiger charge is 2.14. The number of fused-ring (bicyclic) bond motifs is 1. The molecule has 0 amide bonds. The molecule has 0 unspecified atom stereocenters. The number of aliphatic hydroxyl groups is 1. The average Bonchev–Trinajstić information content (AvgIpc) is 2.72. The van der Waals surface area contributed by atoms with Crippen molar-refractivity contribution in [1.29, 1.82) is 0 Å². The molecular weight excluding hydrogens is 264 g/mol. The van der Waals surface area contributed by atoms with E-state index < -0.39 is 6.10 Å². The van der Waals surface area contributed by atoms with Gasteiger partial charge in [-0.3, -0.25) is 0 Å².